The number of allylic oxidation sites excluding steroid dienone is 2. The predicted octanol–water partition coefficient (Wildman–Crippen LogP) is 6.67. The van der Waals surface area contributed by atoms with Crippen LogP contribution in [-0.2, 0) is 16.0 Å². The van der Waals surface area contributed by atoms with E-state index in [0.717, 1.165) is 17.7 Å². The van der Waals surface area contributed by atoms with Gasteiger partial charge in [-0.3, -0.25) is 9.59 Å². The summed E-state index contributed by atoms with van der Waals surface area (Å²) in [6.45, 7) is 10.1. The molecule has 0 aromatic carbocycles. The minimum atomic E-state index is -0.845. The van der Waals surface area contributed by atoms with Crippen molar-refractivity contribution in [3.63, 3.8) is 0 Å². The molecule has 190 valence electrons. The van der Waals surface area contributed by atoms with Gasteiger partial charge in [0.05, 0.1) is 13.5 Å². The Labute approximate surface area is 211 Å². The SMILES string of the molecule is COC(=O)C/C=C/CCC(C)c1cc(O)c(C(=O)C(C)=Cc2ccc(CCC(C)(C)C)s2)c(=O)o1. The fourth-order valence-electron chi connectivity index (χ4n) is 3.40. The zero-order valence-corrected chi connectivity index (χ0v) is 22.3. The largest absolute Gasteiger partial charge is 0.507 e. The van der Waals surface area contributed by atoms with E-state index in [1.54, 1.807) is 30.4 Å². The van der Waals surface area contributed by atoms with Crippen LogP contribution in [0.25, 0.3) is 6.08 Å². The van der Waals surface area contributed by atoms with Crippen LogP contribution < -0.4 is 5.63 Å². The monoisotopic (exact) mass is 500 g/mol. The first kappa shape index (κ1) is 28.3. The molecule has 0 saturated carbocycles. The highest BCUT2D eigenvalue weighted by molar-refractivity contribution is 7.12. The van der Waals surface area contributed by atoms with Crippen molar-refractivity contribution < 1.29 is 23.8 Å². The van der Waals surface area contributed by atoms with Crippen LogP contribution >= 0.6 is 11.3 Å². The summed E-state index contributed by atoms with van der Waals surface area (Å²) in [5, 5.41) is 10.5. The van der Waals surface area contributed by atoms with E-state index in [1.807, 2.05) is 19.1 Å². The second-order valence-corrected chi connectivity index (χ2v) is 11.1. The molecule has 0 radical (unpaired) electrons. The van der Waals surface area contributed by atoms with Crippen LogP contribution in [0.2, 0.25) is 0 Å². The Morgan fingerprint density at radius 1 is 1.23 bits per heavy atom. The lowest BCUT2D eigenvalue weighted by Gasteiger charge is -2.16. The number of ketones is 1. The maximum Gasteiger partial charge on any atom is 0.351 e. The number of aromatic hydroxyl groups is 1. The molecule has 0 fully saturated rings. The molecule has 0 spiro atoms. The Kier molecular flexibility index (Phi) is 10.3. The lowest BCUT2D eigenvalue weighted by atomic mass is 9.90. The molecule has 0 amide bonds. The number of hydrogen-bond donors (Lipinski definition) is 1. The van der Waals surface area contributed by atoms with Gasteiger partial charge < -0.3 is 14.3 Å². The number of carbonyl (C=O) groups is 2. The number of aryl methyl sites for hydroxylation is 1. The predicted molar refractivity (Wildman–Crippen MR) is 140 cm³/mol. The highest BCUT2D eigenvalue weighted by atomic mass is 32.1. The van der Waals surface area contributed by atoms with Gasteiger partial charge in [-0.25, -0.2) is 4.79 Å². The highest BCUT2D eigenvalue weighted by Gasteiger charge is 2.22. The number of methoxy groups -OCH3 is 1. The molecule has 35 heavy (non-hydrogen) atoms. The van der Waals surface area contributed by atoms with Crippen LogP contribution in [0, 0.1) is 5.41 Å². The molecule has 6 nitrogen and oxygen atoms in total. The number of Topliss-reactive ketones (excluding diaryl/α,β-unsaturated/α-hetero) is 1. The van der Waals surface area contributed by atoms with E-state index in [1.165, 1.54) is 18.1 Å². The third-order valence-corrected chi connectivity index (χ3v) is 6.72. The van der Waals surface area contributed by atoms with Crippen molar-refractivity contribution in [1.29, 1.82) is 0 Å². The maximum atomic E-state index is 12.9. The summed E-state index contributed by atoms with van der Waals surface area (Å²) < 4.78 is 9.97. The Hall–Kier alpha value is -2.93. The lowest BCUT2D eigenvalue weighted by molar-refractivity contribution is -0.139. The van der Waals surface area contributed by atoms with Crippen molar-refractivity contribution in [3.05, 3.63) is 67.4 Å². The molecule has 0 saturated heterocycles. The Morgan fingerprint density at radius 3 is 2.57 bits per heavy atom. The zero-order valence-electron chi connectivity index (χ0n) is 21.5. The quantitative estimate of drug-likeness (QED) is 0.160. The van der Waals surface area contributed by atoms with Gasteiger partial charge in [0, 0.05) is 21.7 Å². The Bertz CT molecular complexity index is 1140. The Balaban J connectivity index is 2.08. The van der Waals surface area contributed by atoms with Gasteiger partial charge in [0.2, 0.25) is 0 Å². The number of thiophene rings is 1. The van der Waals surface area contributed by atoms with E-state index in [-0.39, 0.29) is 35.0 Å². The van der Waals surface area contributed by atoms with Crippen molar-refractivity contribution in [2.45, 2.75) is 72.6 Å². The van der Waals surface area contributed by atoms with Gasteiger partial charge in [-0.1, -0.05) is 39.8 Å². The van der Waals surface area contributed by atoms with Gasteiger partial charge in [0.15, 0.2) is 5.78 Å². The van der Waals surface area contributed by atoms with E-state index in [4.69, 9.17) is 4.42 Å². The van der Waals surface area contributed by atoms with Gasteiger partial charge in [-0.15, -0.1) is 11.3 Å². The summed E-state index contributed by atoms with van der Waals surface area (Å²) in [4.78, 5) is 38.8. The summed E-state index contributed by atoms with van der Waals surface area (Å²) in [5.74, 6) is -1.08. The van der Waals surface area contributed by atoms with E-state index in [2.05, 4.69) is 31.6 Å². The van der Waals surface area contributed by atoms with Crippen LogP contribution in [0.4, 0.5) is 0 Å². The molecule has 0 aliphatic heterocycles. The van der Waals surface area contributed by atoms with E-state index in [9.17, 15) is 19.5 Å². The summed E-state index contributed by atoms with van der Waals surface area (Å²) in [6, 6.07) is 5.37. The van der Waals surface area contributed by atoms with Crippen LogP contribution in [-0.4, -0.2) is 24.0 Å². The van der Waals surface area contributed by atoms with Crippen LogP contribution in [0.1, 0.15) is 92.1 Å². The summed E-state index contributed by atoms with van der Waals surface area (Å²) in [6.07, 6.45) is 8.86. The summed E-state index contributed by atoms with van der Waals surface area (Å²) in [7, 11) is 1.34. The van der Waals surface area contributed by atoms with Crippen molar-refractivity contribution in [2.75, 3.05) is 7.11 Å². The van der Waals surface area contributed by atoms with Crippen LogP contribution in [0.15, 0.2) is 45.1 Å². The van der Waals surface area contributed by atoms with Gasteiger partial charge in [-0.2, -0.15) is 0 Å². The fraction of sp³-hybridized carbons (Fsp3) is 0.464. The second kappa shape index (κ2) is 12.7. The topological polar surface area (TPSA) is 93.8 Å². The first-order valence-corrected chi connectivity index (χ1v) is 12.6. The second-order valence-electron chi connectivity index (χ2n) is 9.95. The average Bonchev–Trinajstić information content (AvgIpc) is 3.23. The van der Waals surface area contributed by atoms with Crippen molar-refractivity contribution in [1.82, 2.24) is 0 Å². The van der Waals surface area contributed by atoms with Crippen molar-refractivity contribution in [3.8, 4) is 5.75 Å². The highest BCUT2D eigenvalue weighted by Crippen LogP contribution is 2.28. The molecule has 0 aliphatic rings. The molecule has 1 N–H and O–H groups in total. The zero-order chi connectivity index (χ0) is 26.2. The first-order chi connectivity index (χ1) is 16.4. The molecule has 2 aromatic heterocycles. The molecule has 2 aromatic rings. The minimum absolute atomic E-state index is 0.158. The number of ether oxygens (including phenoxy) is 1. The van der Waals surface area contributed by atoms with Gasteiger partial charge in [0.1, 0.15) is 17.1 Å². The van der Waals surface area contributed by atoms with E-state index in [0.29, 0.717) is 24.2 Å². The summed E-state index contributed by atoms with van der Waals surface area (Å²) >= 11 is 1.62. The molecule has 2 rings (SSSR count). The van der Waals surface area contributed by atoms with E-state index >= 15 is 0 Å². The lowest BCUT2D eigenvalue weighted by Crippen LogP contribution is -2.16. The van der Waals surface area contributed by atoms with Gasteiger partial charge >= 0.3 is 11.6 Å². The average molecular weight is 501 g/mol. The standard InChI is InChI=1S/C28H36O6S/c1-18(10-8-7-9-11-24(30)33-6)23-17-22(29)25(27(32)34-23)26(31)19(2)16-21-13-12-20(35-21)14-15-28(3,4)5/h7,9,12-13,16-18,29H,8,10-11,14-15H2,1-6H3/b9-7+,19-16?. The fourth-order valence-corrected chi connectivity index (χ4v) is 4.42. The summed E-state index contributed by atoms with van der Waals surface area (Å²) in [5.41, 5.74) is -0.587. The molecule has 2 heterocycles. The number of hydrogen-bond acceptors (Lipinski definition) is 7. The molecule has 0 bridgehead atoms. The minimum Gasteiger partial charge on any atom is -0.507 e. The first-order valence-electron chi connectivity index (χ1n) is 11.8. The van der Waals surface area contributed by atoms with Crippen molar-refractivity contribution in [2.24, 2.45) is 5.41 Å². The normalized spacial score (nSPS) is 13.3. The third kappa shape index (κ3) is 8.98. The smallest absolute Gasteiger partial charge is 0.351 e. The number of esters is 1. The van der Waals surface area contributed by atoms with Crippen LogP contribution in [0.5, 0.6) is 5.75 Å². The third-order valence-electron chi connectivity index (χ3n) is 5.63. The number of carbonyl (C=O) groups excluding carboxylic acids is 2. The molecular weight excluding hydrogens is 464 g/mol. The molecule has 7 heteroatoms. The van der Waals surface area contributed by atoms with Gasteiger partial charge in [-0.05, 0) is 61.8 Å². The maximum absolute atomic E-state index is 12.9. The van der Waals surface area contributed by atoms with Crippen LogP contribution in [0.3, 0.4) is 0 Å². The number of rotatable bonds is 11. The molecule has 1 unspecified atom stereocenters. The van der Waals surface area contributed by atoms with Crippen molar-refractivity contribution >= 4 is 29.2 Å². The Morgan fingerprint density at radius 2 is 1.94 bits per heavy atom. The molecule has 1 atom stereocenters. The molecular formula is C28H36O6S. The molecule has 0 aliphatic carbocycles. The van der Waals surface area contributed by atoms with E-state index < -0.39 is 11.4 Å². The van der Waals surface area contributed by atoms with Gasteiger partial charge in [0.25, 0.3) is 0 Å².